The van der Waals surface area contributed by atoms with Crippen molar-refractivity contribution in [1.82, 2.24) is 5.32 Å². The van der Waals surface area contributed by atoms with E-state index < -0.39 is 0 Å². The number of hydrogen-bond donors (Lipinski definition) is 2. The summed E-state index contributed by atoms with van der Waals surface area (Å²) in [6, 6.07) is 0. The lowest BCUT2D eigenvalue weighted by Crippen LogP contribution is -2.25. The van der Waals surface area contributed by atoms with Gasteiger partial charge in [0.1, 0.15) is 0 Å². The van der Waals surface area contributed by atoms with Crippen molar-refractivity contribution < 1.29 is 9.53 Å². The third-order valence-electron chi connectivity index (χ3n) is 1.18. The molecule has 0 atom stereocenters. The van der Waals surface area contributed by atoms with Gasteiger partial charge in [0.05, 0.1) is 6.61 Å². The average Bonchev–Trinajstić information content (AvgIpc) is 1.96. The van der Waals surface area contributed by atoms with E-state index in [-0.39, 0.29) is 5.91 Å². The minimum Gasteiger partial charge on any atom is -0.380 e. The van der Waals surface area contributed by atoms with Gasteiger partial charge in [0.25, 0.3) is 0 Å². The van der Waals surface area contributed by atoms with Crippen LogP contribution in [0.15, 0.2) is 0 Å². The van der Waals surface area contributed by atoms with E-state index in [4.69, 9.17) is 10.5 Å². The number of nitrogens with two attached hydrogens (primary N) is 1. The smallest absolute Gasteiger partial charge is 0.218 e. The lowest BCUT2D eigenvalue weighted by Gasteiger charge is -2.02. The number of primary amides is 1. The second-order valence-corrected chi connectivity index (χ2v) is 2.16. The molecule has 0 fully saturated rings. The van der Waals surface area contributed by atoms with E-state index >= 15 is 0 Å². The van der Waals surface area contributed by atoms with E-state index in [9.17, 15) is 4.79 Å². The van der Waals surface area contributed by atoms with E-state index in [1.165, 1.54) is 0 Å². The molecule has 0 unspecified atom stereocenters. The van der Waals surface area contributed by atoms with E-state index in [0.717, 1.165) is 13.2 Å². The quantitative estimate of drug-likeness (QED) is 0.493. The molecule has 3 N–H and O–H groups in total. The van der Waals surface area contributed by atoms with Gasteiger partial charge in [-0.2, -0.15) is 0 Å². The van der Waals surface area contributed by atoms with E-state index in [2.05, 4.69) is 5.32 Å². The van der Waals surface area contributed by atoms with Crippen LogP contribution in [-0.4, -0.2) is 32.2 Å². The first-order valence-electron chi connectivity index (χ1n) is 3.84. The fraction of sp³-hybridized carbons (Fsp3) is 0.857. The third-order valence-corrected chi connectivity index (χ3v) is 1.18. The lowest BCUT2D eigenvalue weighted by atomic mass is 10.4. The van der Waals surface area contributed by atoms with Crippen LogP contribution < -0.4 is 11.1 Å². The highest BCUT2D eigenvalue weighted by Crippen LogP contribution is 1.73. The minimum atomic E-state index is -0.270. The Bertz CT molecular complexity index is 107. The summed E-state index contributed by atoms with van der Waals surface area (Å²) in [7, 11) is 0. The van der Waals surface area contributed by atoms with Gasteiger partial charge in [0.15, 0.2) is 0 Å². The third kappa shape index (κ3) is 9.39. The first-order chi connectivity index (χ1) is 5.27. The first kappa shape index (κ1) is 10.4. The molecule has 0 saturated carbocycles. The number of ether oxygens (including phenoxy) is 1. The highest BCUT2D eigenvalue weighted by Gasteiger charge is 1.91. The zero-order valence-corrected chi connectivity index (χ0v) is 6.93. The Hall–Kier alpha value is -0.610. The maximum Gasteiger partial charge on any atom is 0.218 e. The van der Waals surface area contributed by atoms with Crippen LogP contribution in [0.5, 0.6) is 0 Å². The van der Waals surface area contributed by atoms with Crippen LogP contribution in [-0.2, 0) is 9.53 Å². The Morgan fingerprint density at radius 1 is 1.55 bits per heavy atom. The van der Waals surface area contributed by atoms with Gasteiger partial charge in [-0.15, -0.1) is 0 Å². The van der Waals surface area contributed by atoms with Crippen LogP contribution in [0.4, 0.5) is 0 Å². The SMILES string of the molecule is CCOCCNCCC(N)=O. The fourth-order valence-corrected chi connectivity index (χ4v) is 0.625. The van der Waals surface area contributed by atoms with Crippen LogP contribution in [0.1, 0.15) is 13.3 Å². The molecule has 11 heavy (non-hydrogen) atoms. The molecular formula is C7H16N2O2. The van der Waals surface area contributed by atoms with E-state index in [1.807, 2.05) is 6.92 Å². The maximum absolute atomic E-state index is 10.2. The van der Waals surface area contributed by atoms with Gasteiger partial charge in [0, 0.05) is 26.1 Å². The molecule has 0 aromatic heterocycles. The highest BCUT2D eigenvalue weighted by molar-refractivity contribution is 5.73. The van der Waals surface area contributed by atoms with E-state index in [1.54, 1.807) is 0 Å². The Morgan fingerprint density at radius 2 is 2.27 bits per heavy atom. The average molecular weight is 160 g/mol. The Kier molecular flexibility index (Phi) is 7.08. The van der Waals surface area contributed by atoms with Crippen molar-refractivity contribution in [2.24, 2.45) is 5.73 Å². The molecule has 0 bridgehead atoms. The molecule has 0 aliphatic carbocycles. The number of nitrogens with one attached hydrogen (secondary N) is 1. The number of hydrogen-bond acceptors (Lipinski definition) is 3. The van der Waals surface area contributed by atoms with Gasteiger partial charge in [-0.1, -0.05) is 0 Å². The number of amides is 1. The summed E-state index contributed by atoms with van der Waals surface area (Å²) in [6.07, 6.45) is 0.395. The molecule has 0 heterocycles. The summed E-state index contributed by atoms with van der Waals surface area (Å²) in [4.78, 5) is 10.2. The summed E-state index contributed by atoms with van der Waals surface area (Å²) in [6.45, 7) is 4.79. The molecule has 0 aromatic carbocycles. The summed E-state index contributed by atoms with van der Waals surface area (Å²) >= 11 is 0. The molecular weight excluding hydrogens is 144 g/mol. The molecule has 0 rings (SSSR count). The van der Waals surface area contributed by atoms with Gasteiger partial charge in [-0.05, 0) is 6.92 Å². The monoisotopic (exact) mass is 160 g/mol. The molecule has 0 saturated heterocycles. The Morgan fingerprint density at radius 3 is 2.82 bits per heavy atom. The van der Waals surface area contributed by atoms with Crippen molar-refractivity contribution >= 4 is 5.91 Å². The van der Waals surface area contributed by atoms with Crippen molar-refractivity contribution in [3.63, 3.8) is 0 Å². The molecule has 4 nitrogen and oxygen atoms in total. The molecule has 0 aliphatic rings. The van der Waals surface area contributed by atoms with Crippen LogP contribution in [0.3, 0.4) is 0 Å². The van der Waals surface area contributed by atoms with Gasteiger partial charge < -0.3 is 15.8 Å². The minimum absolute atomic E-state index is 0.270. The fourth-order valence-electron chi connectivity index (χ4n) is 0.625. The standard InChI is InChI=1S/C7H16N2O2/c1-2-11-6-5-9-4-3-7(8)10/h9H,2-6H2,1H3,(H2,8,10). The van der Waals surface area contributed by atoms with Crippen molar-refractivity contribution in [3.8, 4) is 0 Å². The largest absolute Gasteiger partial charge is 0.380 e. The molecule has 0 aromatic rings. The summed E-state index contributed by atoms with van der Waals surface area (Å²) in [5.74, 6) is -0.270. The molecule has 66 valence electrons. The number of carbonyl (C=O) groups is 1. The molecule has 0 radical (unpaired) electrons. The Balaban J connectivity index is 2.85. The number of rotatable bonds is 7. The van der Waals surface area contributed by atoms with Gasteiger partial charge >= 0.3 is 0 Å². The summed E-state index contributed by atoms with van der Waals surface area (Å²) in [5.41, 5.74) is 4.92. The number of carbonyl (C=O) groups excluding carboxylic acids is 1. The predicted molar refractivity (Wildman–Crippen MR) is 43.2 cm³/mol. The molecule has 4 heteroatoms. The van der Waals surface area contributed by atoms with E-state index in [0.29, 0.717) is 19.6 Å². The molecule has 0 aliphatic heterocycles. The highest BCUT2D eigenvalue weighted by atomic mass is 16.5. The first-order valence-corrected chi connectivity index (χ1v) is 3.84. The van der Waals surface area contributed by atoms with Crippen molar-refractivity contribution in [2.75, 3.05) is 26.3 Å². The second kappa shape index (κ2) is 7.50. The zero-order valence-electron chi connectivity index (χ0n) is 6.93. The van der Waals surface area contributed by atoms with Crippen molar-refractivity contribution in [1.29, 1.82) is 0 Å². The molecule has 0 spiro atoms. The van der Waals surface area contributed by atoms with Crippen molar-refractivity contribution in [2.45, 2.75) is 13.3 Å². The lowest BCUT2D eigenvalue weighted by molar-refractivity contribution is -0.117. The van der Waals surface area contributed by atoms with Crippen LogP contribution in [0.2, 0.25) is 0 Å². The zero-order chi connectivity index (χ0) is 8.53. The maximum atomic E-state index is 10.2. The van der Waals surface area contributed by atoms with Gasteiger partial charge in [-0.25, -0.2) is 0 Å². The normalized spacial score (nSPS) is 9.91. The second-order valence-electron chi connectivity index (χ2n) is 2.16. The Labute approximate surface area is 67.1 Å². The van der Waals surface area contributed by atoms with Crippen LogP contribution in [0.25, 0.3) is 0 Å². The topological polar surface area (TPSA) is 64.3 Å². The van der Waals surface area contributed by atoms with Gasteiger partial charge in [-0.3, -0.25) is 4.79 Å². The summed E-state index contributed by atoms with van der Waals surface area (Å²) < 4.78 is 5.06. The summed E-state index contributed by atoms with van der Waals surface area (Å²) in [5, 5.41) is 3.03. The predicted octanol–water partition coefficient (Wildman–Crippen LogP) is -0.512. The van der Waals surface area contributed by atoms with Crippen LogP contribution in [0, 0.1) is 0 Å². The van der Waals surface area contributed by atoms with Crippen molar-refractivity contribution in [3.05, 3.63) is 0 Å². The van der Waals surface area contributed by atoms with Crippen LogP contribution >= 0.6 is 0 Å². The van der Waals surface area contributed by atoms with Gasteiger partial charge in [0.2, 0.25) is 5.91 Å². The molecule has 1 amide bonds.